The number of piperazine rings is 1. The summed E-state index contributed by atoms with van der Waals surface area (Å²) in [6.45, 7) is 2.91. The first-order valence-electron chi connectivity index (χ1n) is 10.1. The Morgan fingerprint density at radius 1 is 0.935 bits per heavy atom. The molecule has 0 saturated carbocycles. The monoisotopic (exact) mass is 456 g/mol. The van der Waals surface area contributed by atoms with Crippen LogP contribution in [0.2, 0.25) is 10.0 Å². The number of rotatable bonds is 5. The van der Waals surface area contributed by atoms with Crippen molar-refractivity contribution in [2.24, 2.45) is 0 Å². The largest absolute Gasteiger partial charge is 0.367 e. The molecule has 6 nitrogen and oxygen atoms in total. The number of aromatic nitrogens is 2. The van der Waals surface area contributed by atoms with E-state index in [0.717, 1.165) is 24.3 Å². The van der Waals surface area contributed by atoms with Crippen molar-refractivity contribution in [2.75, 3.05) is 31.1 Å². The number of aryl methyl sites for hydroxylation is 1. The van der Waals surface area contributed by atoms with Gasteiger partial charge in [0.05, 0.1) is 22.9 Å². The topological polar surface area (TPSA) is 58.4 Å². The summed E-state index contributed by atoms with van der Waals surface area (Å²) in [7, 11) is 0. The maximum Gasteiger partial charge on any atom is 0.266 e. The van der Waals surface area contributed by atoms with Crippen molar-refractivity contribution in [3.8, 4) is 11.3 Å². The van der Waals surface area contributed by atoms with Crippen molar-refractivity contribution < 1.29 is 4.79 Å². The first-order valence-corrected chi connectivity index (χ1v) is 10.9. The van der Waals surface area contributed by atoms with E-state index in [1.54, 1.807) is 18.2 Å². The van der Waals surface area contributed by atoms with Crippen LogP contribution in [-0.2, 0) is 11.3 Å². The first-order chi connectivity index (χ1) is 15.0. The number of nitrogens with zero attached hydrogens (tertiary/aromatic N) is 4. The zero-order chi connectivity index (χ0) is 21.8. The third-order valence-electron chi connectivity index (χ3n) is 5.35. The first kappa shape index (κ1) is 21.4. The van der Waals surface area contributed by atoms with Gasteiger partial charge in [0.25, 0.3) is 5.56 Å². The molecule has 1 aliphatic heterocycles. The van der Waals surface area contributed by atoms with Crippen LogP contribution in [0.3, 0.4) is 0 Å². The van der Waals surface area contributed by atoms with Gasteiger partial charge in [-0.2, -0.15) is 5.10 Å². The minimum Gasteiger partial charge on any atom is -0.367 e. The Bertz CT molecular complexity index is 1140. The van der Waals surface area contributed by atoms with Crippen LogP contribution in [0, 0.1) is 0 Å². The molecule has 0 spiro atoms. The van der Waals surface area contributed by atoms with Gasteiger partial charge < -0.3 is 9.80 Å². The second-order valence-corrected chi connectivity index (χ2v) is 8.20. The molecule has 160 valence electrons. The lowest BCUT2D eigenvalue weighted by Crippen LogP contribution is -2.49. The lowest BCUT2D eigenvalue weighted by Gasteiger charge is -2.36. The van der Waals surface area contributed by atoms with E-state index in [9.17, 15) is 9.59 Å². The molecule has 0 aliphatic carbocycles. The maximum absolute atomic E-state index is 12.7. The highest BCUT2D eigenvalue weighted by atomic mass is 35.5. The highest BCUT2D eigenvalue weighted by molar-refractivity contribution is 6.33. The van der Waals surface area contributed by atoms with E-state index in [4.69, 9.17) is 23.2 Å². The number of para-hydroxylation sites is 1. The maximum atomic E-state index is 12.7. The third-order valence-corrected chi connectivity index (χ3v) is 5.90. The molecule has 4 rings (SSSR count). The fourth-order valence-electron chi connectivity index (χ4n) is 3.68. The van der Waals surface area contributed by atoms with Crippen molar-refractivity contribution in [1.82, 2.24) is 14.7 Å². The highest BCUT2D eigenvalue weighted by Crippen LogP contribution is 2.26. The van der Waals surface area contributed by atoms with Gasteiger partial charge in [0.1, 0.15) is 0 Å². The Morgan fingerprint density at radius 3 is 2.45 bits per heavy atom. The van der Waals surface area contributed by atoms with Gasteiger partial charge in [0.2, 0.25) is 5.91 Å². The van der Waals surface area contributed by atoms with Gasteiger partial charge in [0, 0.05) is 49.3 Å². The number of carbonyl (C=O) groups excluding carboxylic acids is 1. The molecular weight excluding hydrogens is 435 g/mol. The van der Waals surface area contributed by atoms with Crippen LogP contribution >= 0.6 is 23.2 Å². The van der Waals surface area contributed by atoms with Gasteiger partial charge >= 0.3 is 0 Å². The van der Waals surface area contributed by atoms with Crippen LogP contribution in [-0.4, -0.2) is 46.8 Å². The second kappa shape index (κ2) is 9.54. The van der Waals surface area contributed by atoms with Crippen molar-refractivity contribution in [2.45, 2.75) is 13.0 Å². The van der Waals surface area contributed by atoms with Crippen LogP contribution in [0.5, 0.6) is 0 Å². The smallest absolute Gasteiger partial charge is 0.266 e. The summed E-state index contributed by atoms with van der Waals surface area (Å²) in [5, 5.41) is 5.73. The Labute approximate surface area is 190 Å². The molecule has 1 amide bonds. The molecule has 3 aromatic rings. The zero-order valence-corrected chi connectivity index (χ0v) is 18.4. The predicted molar refractivity (Wildman–Crippen MR) is 124 cm³/mol. The van der Waals surface area contributed by atoms with Crippen LogP contribution in [0.15, 0.2) is 65.5 Å². The third kappa shape index (κ3) is 5.09. The average molecular weight is 457 g/mol. The van der Waals surface area contributed by atoms with E-state index >= 15 is 0 Å². The van der Waals surface area contributed by atoms with E-state index in [1.807, 2.05) is 41.3 Å². The molecule has 1 saturated heterocycles. The summed E-state index contributed by atoms with van der Waals surface area (Å²) in [5.41, 5.74) is 2.22. The van der Waals surface area contributed by atoms with Crippen molar-refractivity contribution in [3.05, 3.63) is 81.1 Å². The average Bonchev–Trinajstić information content (AvgIpc) is 2.79. The van der Waals surface area contributed by atoms with E-state index in [0.29, 0.717) is 28.8 Å². The summed E-state index contributed by atoms with van der Waals surface area (Å²) in [6.07, 6.45) is 0.220. The summed E-state index contributed by atoms with van der Waals surface area (Å²) >= 11 is 12.3. The molecule has 31 heavy (non-hydrogen) atoms. The molecule has 2 aromatic carbocycles. The molecule has 2 heterocycles. The van der Waals surface area contributed by atoms with Gasteiger partial charge in [0.15, 0.2) is 0 Å². The minimum absolute atomic E-state index is 0.0145. The number of carbonyl (C=O) groups is 1. The molecule has 0 N–H and O–H groups in total. The molecule has 0 unspecified atom stereocenters. The fourth-order valence-corrected chi connectivity index (χ4v) is 4.12. The van der Waals surface area contributed by atoms with E-state index in [1.165, 1.54) is 10.7 Å². The summed E-state index contributed by atoms with van der Waals surface area (Å²) in [5.74, 6) is 0.0145. The van der Waals surface area contributed by atoms with Crippen LogP contribution < -0.4 is 10.5 Å². The highest BCUT2D eigenvalue weighted by Gasteiger charge is 2.22. The molecule has 1 fully saturated rings. The molecule has 1 aromatic heterocycles. The number of halogens is 2. The van der Waals surface area contributed by atoms with E-state index < -0.39 is 0 Å². The van der Waals surface area contributed by atoms with E-state index in [2.05, 4.69) is 10.00 Å². The van der Waals surface area contributed by atoms with Crippen LogP contribution in [0.25, 0.3) is 11.3 Å². The van der Waals surface area contributed by atoms with Crippen molar-refractivity contribution in [3.63, 3.8) is 0 Å². The predicted octanol–water partition coefficient (Wildman–Crippen LogP) is 3.96. The van der Waals surface area contributed by atoms with Crippen LogP contribution in [0.4, 0.5) is 5.69 Å². The summed E-state index contributed by atoms with van der Waals surface area (Å²) < 4.78 is 1.34. The number of anilines is 1. The lowest BCUT2D eigenvalue weighted by atomic mass is 10.1. The van der Waals surface area contributed by atoms with Crippen molar-refractivity contribution in [1.29, 1.82) is 0 Å². The van der Waals surface area contributed by atoms with Gasteiger partial charge in [-0.25, -0.2) is 4.68 Å². The minimum atomic E-state index is -0.234. The van der Waals surface area contributed by atoms with Gasteiger partial charge in [-0.15, -0.1) is 0 Å². The number of hydrogen-bond acceptors (Lipinski definition) is 4. The standard InChI is InChI=1S/C23H22Cl2N4O2/c24-18-5-3-4-17(16-18)20-8-9-23(31)29(26-20)11-10-22(30)28-14-12-27(13-15-28)21-7-2-1-6-19(21)25/h1-9,16H,10-15H2. The normalized spacial score (nSPS) is 14.0. The molecule has 0 bridgehead atoms. The summed E-state index contributed by atoms with van der Waals surface area (Å²) in [6, 6.07) is 18.2. The molecule has 0 atom stereocenters. The van der Waals surface area contributed by atoms with Gasteiger partial charge in [-0.3, -0.25) is 9.59 Å². The lowest BCUT2D eigenvalue weighted by molar-refractivity contribution is -0.131. The van der Waals surface area contributed by atoms with Crippen molar-refractivity contribution >= 4 is 34.8 Å². The fraction of sp³-hybridized carbons (Fsp3) is 0.261. The molecule has 8 heteroatoms. The Hall–Kier alpha value is -2.83. The van der Waals surface area contributed by atoms with Gasteiger partial charge in [-0.05, 0) is 30.3 Å². The molecule has 0 radical (unpaired) electrons. The molecule has 1 aliphatic rings. The Balaban J connectivity index is 1.37. The SMILES string of the molecule is O=C(CCn1nc(-c2cccc(Cl)c2)ccc1=O)N1CCN(c2ccccc2Cl)CC1. The Morgan fingerprint density at radius 2 is 1.71 bits per heavy atom. The number of amides is 1. The number of benzene rings is 2. The Kier molecular flexibility index (Phi) is 6.59. The van der Waals surface area contributed by atoms with E-state index in [-0.39, 0.29) is 24.4 Å². The quantitative estimate of drug-likeness (QED) is 0.582. The zero-order valence-electron chi connectivity index (χ0n) is 16.9. The van der Waals surface area contributed by atoms with Gasteiger partial charge in [-0.1, -0.05) is 47.5 Å². The molecular formula is C23H22Cl2N4O2. The van der Waals surface area contributed by atoms with Crippen LogP contribution in [0.1, 0.15) is 6.42 Å². The summed E-state index contributed by atoms with van der Waals surface area (Å²) in [4.78, 5) is 29.0. The second-order valence-electron chi connectivity index (χ2n) is 7.36. The number of hydrogen-bond donors (Lipinski definition) is 0.